The summed E-state index contributed by atoms with van der Waals surface area (Å²) in [5.41, 5.74) is 0.767. The van der Waals surface area contributed by atoms with Crippen molar-refractivity contribution in [2.45, 2.75) is 26.5 Å². The molecule has 1 aromatic rings. The first-order valence-corrected chi connectivity index (χ1v) is 6.52. The molecule has 1 aromatic carbocycles. The Hall–Kier alpha value is -1.89. The molecule has 0 aliphatic rings. The SMILES string of the molecule is CCCN(CC(=O)O)Cc1ccc(OC(F)F)c(OC)c1. The van der Waals surface area contributed by atoms with E-state index in [1.165, 1.54) is 13.2 Å². The van der Waals surface area contributed by atoms with Crippen LogP contribution in [0.1, 0.15) is 18.9 Å². The van der Waals surface area contributed by atoms with Crippen molar-refractivity contribution in [3.63, 3.8) is 0 Å². The number of ether oxygens (including phenoxy) is 2. The lowest BCUT2D eigenvalue weighted by molar-refractivity contribution is -0.138. The van der Waals surface area contributed by atoms with Crippen LogP contribution in [-0.4, -0.2) is 42.8 Å². The first-order valence-electron chi connectivity index (χ1n) is 6.52. The van der Waals surface area contributed by atoms with Crippen LogP contribution >= 0.6 is 0 Å². The number of carboxylic acid groups (broad SMARTS) is 1. The molecule has 1 N–H and O–H groups in total. The van der Waals surface area contributed by atoms with Gasteiger partial charge in [-0.05, 0) is 30.7 Å². The zero-order valence-electron chi connectivity index (χ0n) is 12.0. The summed E-state index contributed by atoms with van der Waals surface area (Å²) >= 11 is 0. The van der Waals surface area contributed by atoms with Crippen molar-refractivity contribution < 1.29 is 28.2 Å². The minimum atomic E-state index is -2.92. The van der Waals surface area contributed by atoms with E-state index in [4.69, 9.17) is 9.84 Å². The molecule has 0 spiro atoms. The molecule has 0 unspecified atom stereocenters. The molecule has 0 heterocycles. The monoisotopic (exact) mass is 303 g/mol. The summed E-state index contributed by atoms with van der Waals surface area (Å²) in [6.07, 6.45) is 0.816. The van der Waals surface area contributed by atoms with Gasteiger partial charge in [0.25, 0.3) is 0 Å². The van der Waals surface area contributed by atoms with Crippen LogP contribution in [0.2, 0.25) is 0 Å². The summed E-state index contributed by atoms with van der Waals surface area (Å²) < 4.78 is 33.8. The number of rotatable bonds is 9. The second-order valence-corrected chi connectivity index (χ2v) is 4.47. The molecule has 0 amide bonds. The highest BCUT2D eigenvalue weighted by Gasteiger charge is 2.14. The summed E-state index contributed by atoms with van der Waals surface area (Å²) in [7, 11) is 1.36. The Labute approximate surface area is 122 Å². The Balaban J connectivity index is 2.84. The summed E-state index contributed by atoms with van der Waals surface area (Å²) in [5.74, 6) is -0.760. The van der Waals surface area contributed by atoms with Gasteiger partial charge in [0.1, 0.15) is 0 Å². The van der Waals surface area contributed by atoms with Crippen molar-refractivity contribution in [3.8, 4) is 11.5 Å². The first-order chi connectivity index (χ1) is 9.96. The molecular formula is C14H19F2NO4. The Morgan fingerprint density at radius 2 is 2.10 bits per heavy atom. The van der Waals surface area contributed by atoms with Crippen molar-refractivity contribution in [3.05, 3.63) is 23.8 Å². The number of methoxy groups -OCH3 is 1. The van der Waals surface area contributed by atoms with Crippen LogP contribution in [0, 0.1) is 0 Å². The maximum atomic E-state index is 12.2. The highest BCUT2D eigenvalue weighted by atomic mass is 19.3. The maximum Gasteiger partial charge on any atom is 0.387 e. The second-order valence-electron chi connectivity index (χ2n) is 4.47. The standard InChI is InChI=1S/C14H19F2NO4/c1-3-6-17(9-13(18)19)8-10-4-5-11(21-14(15)16)12(7-10)20-2/h4-5,7,14H,3,6,8-9H2,1-2H3,(H,18,19). The predicted molar refractivity (Wildman–Crippen MR) is 72.8 cm³/mol. The topological polar surface area (TPSA) is 59.0 Å². The van der Waals surface area contributed by atoms with E-state index < -0.39 is 12.6 Å². The van der Waals surface area contributed by atoms with E-state index in [0.717, 1.165) is 12.0 Å². The minimum Gasteiger partial charge on any atom is -0.493 e. The van der Waals surface area contributed by atoms with Gasteiger partial charge in [-0.1, -0.05) is 13.0 Å². The molecule has 0 radical (unpaired) electrons. The van der Waals surface area contributed by atoms with Crippen molar-refractivity contribution in [1.82, 2.24) is 4.90 Å². The number of hydrogen-bond acceptors (Lipinski definition) is 4. The summed E-state index contributed by atoms with van der Waals surface area (Å²) in [6.45, 7) is -0.0242. The molecule has 0 aliphatic heterocycles. The molecule has 0 fully saturated rings. The molecule has 0 aliphatic carbocycles. The van der Waals surface area contributed by atoms with Crippen molar-refractivity contribution in [2.75, 3.05) is 20.2 Å². The van der Waals surface area contributed by atoms with E-state index in [2.05, 4.69) is 4.74 Å². The van der Waals surface area contributed by atoms with Gasteiger partial charge in [-0.2, -0.15) is 8.78 Å². The number of carbonyl (C=O) groups is 1. The Morgan fingerprint density at radius 3 is 2.62 bits per heavy atom. The first kappa shape index (κ1) is 17.2. The molecule has 1 rings (SSSR count). The summed E-state index contributed by atoms with van der Waals surface area (Å²) in [4.78, 5) is 12.6. The molecule has 0 saturated heterocycles. The third-order valence-corrected chi connectivity index (χ3v) is 2.75. The number of hydrogen-bond donors (Lipinski definition) is 1. The average Bonchev–Trinajstić information content (AvgIpc) is 2.39. The number of halogens is 2. The number of benzene rings is 1. The van der Waals surface area contributed by atoms with Crippen LogP contribution < -0.4 is 9.47 Å². The van der Waals surface area contributed by atoms with Gasteiger partial charge >= 0.3 is 12.6 Å². The normalized spacial score (nSPS) is 11.0. The zero-order chi connectivity index (χ0) is 15.8. The molecule has 5 nitrogen and oxygen atoms in total. The maximum absolute atomic E-state index is 12.2. The van der Waals surface area contributed by atoms with Crippen LogP contribution in [0.3, 0.4) is 0 Å². The molecule has 118 valence electrons. The largest absolute Gasteiger partial charge is 0.493 e. The third-order valence-electron chi connectivity index (χ3n) is 2.75. The molecule has 0 atom stereocenters. The van der Waals surface area contributed by atoms with Crippen LogP contribution in [0.15, 0.2) is 18.2 Å². The minimum absolute atomic E-state index is 0.0449. The van der Waals surface area contributed by atoms with E-state index >= 15 is 0 Å². The average molecular weight is 303 g/mol. The fourth-order valence-electron chi connectivity index (χ4n) is 1.98. The Bertz CT molecular complexity index is 468. The van der Waals surface area contributed by atoms with Crippen LogP contribution in [0.5, 0.6) is 11.5 Å². The van der Waals surface area contributed by atoms with Crippen LogP contribution in [0.4, 0.5) is 8.78 Å². The highest BCUT2D eigenvalue weighted by Crippen LogP contribution is 2.29. The number of alkyl halides is 2. The van der Waals surface area contributed by atoms with Crippen molar-refractivity contribution in [2.24, 2.45) is 0 Å². The lowest BCUT2D eigenvalue weighted by atomic mass is 10.2. The fraction of sp³-hybridized carbons (Fsp3) is 0.500. The fourth-order valence-corrected chi connectivity index (χ4v) is 1.98. The number of nitrogens with zero attached hydrogens (tertiary/aromatic N) is 1. The van der Waals surface area contributed by atoms with Crippen molar-refractivity contribution >= 4 is 5.97 Å². The number of carboxylic acids is 1. The van der Waals surface area contributed by atoms with Gasteiger partial charge < -0.3 is 14.6 Å². The van der Waals surface area contributed by atoms with E-state index in [-0.39, 0.29) is 18.0 Å². The molecular weight excluding hydrogens is 284 g/mol. The van der Waals surface area contributed by atoms with E-state index in [9.17, 15) is 13.6 Å². The van der Waals surface area contributed by atoms with Gasteiger partial charge in [0.2, 0.25) is 0 Å². The van der Waals surface area contributed by atoms with Gasteiger partial charge in [0, 0.05) is 6.54 Å². The van der Waals surface area contributed by atoms with E-state index in [1.54, 1.807) is 17.0 Å². The molecule has 0 aromatic heterocycles. The zero-order valence-corrected chi connectivity index (χ0v) is 12.0. The predicted octanol–water partition coefficient (Wildman–Crippen LogP) is 2.59. The van der Waals surface area contributed by atoms with Crippen LogP contribution in [-0.2, 0) is 11.3 Å². The molecule has 0 saturated carbocycles. The molecule has 7 heteroatoms. The third kappa shape index (κ3) is 5.95. The molecule has 0 bridgehead atoms. The number of aliphatic carboxylic acids is 1. The molecule has 21 heavy (non-hydrogen) atoms. The second kappa shape index (κ2) is 8.41. The van der Waals surface area contributed by atoms with Gasteiger partial charge in [0.05, 0.1) is 13.7 Å². The van der Waals surface area contributed by atoms with Gasteiger partial charge in [-0.15, -0.1) is 0 Å². The Morgan fingerprint density at radius 1 is 1.38 bits per heavy atom. The van der Waals surface area contributed by atoms with E-state index in [0.29, 0.717) is 13.1 Å². The summed E-state index contributed by atoms with van der Waals surface area (Å²) in [5, 5.41) is 8.86. The lowest BCUT2D eigenvalue weighted by Crippen LogP contribution is -2.30. The van der Waals surface area contributed by atoms with Gasteiger partial charge in [-0.25, -0.2) is 0 Å². The quantitative estimate of drug-likeness (QED) is 0.760. The lowest BCUT2D eigenvalue weighted by Gasteiger charge is -2.20. The Kier molecular flexibility index (Phi) is 6.87. The van der Waals surface area contributed by atoms with E-state index in [1.807, 2.05) is 6.92 Å². The van der Waals surface area contributed by atoms with Gasteiger partial charge in [-0.3, -0.25) is 9.69 Å². The summed E-state index contributed by atoms with van der Waals surface area (Å²) in [6, 6.07) is 4.58. The van der Waals surface area contributed by atoms with Crippen LogP contribution in [0.25, 0.3) is 0 Å². The smallest absolute Gasteiger partial charge is 0.387 e. The van der Waals surface area contributed by atoms with Gasteiger partial charge in [0.15, 0.2) is 11.5 Å². The van der Waals surface area contributed by atoms with Crippen molar-refractivity contribution in [1.29, 1.82) is 0 Å². The highest BCUT2D eigenvalue weighted by molar-refractivity contribution is 5.69.